The molecule has 0 saturated heterocycles. The lowest BCUT2D eigenvalue weighted by molar-refractivity contribution is -0.114. The molecule has 0 aliphatic heterocycles. The number of hydrogen-bond acceptors (Lipinski definition) is 4. The lowest BCUT2D eigenvalue weighted by atomic mass is 10.1. The molecule has 0 atom stereocenters. The molecule has 0 radical (unpaired) electrons. The third kappa shape index (κ3) is 7.58. The lowest BCUT2D eigenvalue weighted by Gasteiger charge is -2.20. The fourth-order valence-corrected chi connectivity index (χ4v) is 2.59. The van der Waals surface area contributed by atoms with Crippen LogP contribution in [-0.4, -0.2) is 36.3 Å². The van der Waals surface area contributed by atoms with Crippen LogP contribution in [0.15, 0.2) is 48.5 Å². The topological polar surface area (TPSA) is 99.3 Å². The Balaban J connectivity index is 1.83. The van der Waals surface area contributed by atoms with Crippen LogP contribution in [0.4, 0.5) is 11.4 Å². The van der Waals surface area contributed by atoms with E-state index >= 15 is 0 Å². The van der Waals surface area contributed by atoms with Gasteiger partial charge in [0, 0.05) is 34.6 Å². The predicted molar refractivity (Wildman–Crippen MR) is 120 cm³/mol. The van der Waals surface area contributed by atoms with E-state index < -0.39 is 0 Å². The number of amides is 3. The van der Waals surface area contributed by atoms with E-state index in [1.54, 1.807) is 48.5 Å². The highest BCUT2D eigenvalue weighted by Gasteiger charge is 2.15. The molecule has 0 heterocycles. The fraction of sp³-hybridized carbons (Fsp3) is 0.348. The van der Waals surface area contributed by atoms with E-state index in [1.165, 1.54) is 0 Å². The van der Waals surface area contributed by atoms with Crippen molar-refractivity contribution in [3.8, 4) is 0 Å². The Morgan fingerprint density at radius 1 is 0.800 bits per heavy atom. The highest BCUT2D eigenvalue weighted by molar-refractivity contribution is 5.97. The molecular formula is C23H30N4O3. The van der Waals surface area contributed by atoms with Gasteiger partial charge in [-0.05, 0) is 75.7 Å². The standard InChI is InChI=1S/C23H30N4O3/c1-5-14-24-21(29)16-6-10-18(11-7-16)25-15-20(28)26-19-12-8-17(9-13-19)22(30)27-23(2,3)4/h6-13,25H,5,14-15H2,1-4H3,(H,24,29)(H,26,28)(H,27,30). The summed E-state index contributed by atoms with van der Waals surface area (Å²) in [7, 11) is 0. The molecule has 0 saturated carbocycles. The molecule has 7 nitrogen and oxygen atoms in total. The molecule has 0 unspecified atom stereocenters. The molecule has 2 aromatic carbocycles. The summed E-state index contributed by atoms with van der Waals surface area (Å²) in [4.78, 5) is 36.2. The quantitative estimate of drug-likeness (QED) is 0.536. The Morgan fingerprint density at radius 2 is 1.33 bits per heavy atom. The van der Waals surface area contributed by atoms with Crippen LogP contribution >= 0.6 is 0 Å². The summed E-state index contributed by atoms with van der Waals surface area (Å²) in [5.74, 6) is -0.485. The van der Waals surface area contributed by atoms with Crippen molar-refractivity contribution < 1.29 is 14.4 Å². The van der Waals surface area contributed by atoms with Crippen molar-refractivity contribution in [2.24, 2.45) is 0 Å². The predicted octanol–water partition coefficient (Wildman–Crippen LogP) is 3.41. The molecule has 2 aromatic rings. The third-order valence-electron chi connectivity index (χ3n) is 4.06. The Bertz CT molecular complexity index is 869. The summed E-state index contributed by atoms with van der Waals surface area (Å²) in [5, 5.41) is 11.5. The van der Waals surface area contributed by atoms with Crippen molar-refractivity contribution >= 4 is 29.1 Å². The van der Waals surface area contributed by atoms with Crippen LogP contribution < -0.4 is 21.3 Å². The minimum atomic E-state index is -0.312. The molecule has 2 rings (SSSR count). The van der Waals surface area contributed by atoms with E-state index in [1.807, 2.05) is 27.7 Å². The number of nitrogens with one attached hydrogen (secondary N) is 4. The molecule has 0 aromatic heterocycles. The maximum Gasteiger partial charge on any atom is 0.251 e. The van der Waals surface area contributed by atoms with Gasteiger partial charge in [0.05, 0.1) is 6.54 Å². The van der Waals surface area contributed by atoms with Gasteiger partial charge in [-0.3, -0.25) is 14.4 Å². The van der Waals surface area contributed by atoms with Gasteiger partial charge >= 0.3 is 0 Å². The van der Waals surface area contributed by atoms with Gasteiger partial charge in [0.2, 0.25) is 5.91 Å². The first-order chi connectivity index (χ1) is 14.2. The highest BCUT2D eigenvalue weighted by Crippen LogP contribution is 2.12. The summed E-state index contributed by atoms with van der Waals surface area (Å²) in [6, 6.07) is 13.7. The molecule has 0 aliphatic carbocycles. The molecule has 0 spiro atoms. The van der Waals surface area contributed by atoms with Gasteiger partial charge in [0.25, 0.3) is 11.8 Å². The summed E-state index contributed by atoms with van der Waals surface area (Å²) >= 11 is 0. The molecule has 160 valence electrons. The number of rotatable bonds is 8. The van der Waals surface area contributed by atoms with Gasteiger partial charge in [0.15, 0.2) is 0 Å². The number of anilines is 2. The number of benzene rings is 2. The lowest BCUT2D eigenvalue weighted by Crippen LogP contribution is -2.40. The van der Waals surface area contributed by atoms with Crippen molar-refractivity contribution in [3.63, 3.8) is 0 Å². The SMILES string of the molecule is CCCNC(=O)c1ccc(NCC(=O)Nc2ccc(C(=O)NC(C)(C)C)cc2)cc1. The van der Waals surface area contributed by atoms with Gasteiger partial charge in [-0.1, -0.05) is 6.92 Å². The zero-order chi connectivity index (χ0) is 22.1. The number of carbonyl (C=O) groups is 3. The van der Waals surface area contributed by atoms with Crippen LogP contribution in [0, 0.1) is 0 Å². The number of hydrogen-bond donors (Lipinski definition) is 4. The molecule has 0 bridgehead atoms. The first-order valence-electron chi connectivity index (χ1n) is 10.0. The first-order valence-corrected chi connectivity index (χ1v) is 10.0. The van der Waals surface area contributed by atoms with Gasteiger partial charge in [-0.25, -0.2) is 0 Å². The average Bonchev–Trinajstić information content (AvgIpc) is 2.70. The first kappa shape index (κ1) is 22.9. The van der Waals surface area contributed by atoms with Gasteiger partial charge < -0.3 is 21.3 Å². The van der Waals surface area contributed by atoms with Crippen molar-refractivity contribution in [3.05, 3.63) is 59.7 Å². The largest absolute Gasteiger partial charge is 0.376 e. The van der Waals surface area contributed by atoms with Crippen LogP contribution in [-0.2, 0) is 4.79 Å². The van der Waals surface area contributed by atoms with Gasteiger partial charge in [-0.15, -0.1) is 0 Å². The Hall–Kier alpha value is -3.35. The van der Waals surface area contributed by atoms with E-state index in [9.17, 15) is 14.4 Å². The zero-order valence-corrected chi connectivity index (χ0v) is 18.0. The van der Waals surface area contributed by atoms with E-state index in [-0.39, 0.29) is 29.8 Å². The van der Waals surface area contributed by atoms with Crippen LogP contribution in [0.2, 0.25) is 0 Å². The van der Waals surface area contributed by atoms with E-state index in [0.29, 0.717) is 23.4 Å². The van der Waals surface area contributed by atoms with Crippen LogP contribution in [0.3, 0.4) is 0 Å². The maximum atomic E-state index is 12.2. The van der Waals surface area contributed by atoms with Gasteiger partial charge in [-0.2, -0.15) is 0 Å². The van der Waals surface area contributed by atoms with Crippen LogP contribution in [0.5, 0.6) is 0 Å². The molecule has 3 amide bonds. The third-order valence-corrected chi connectivity index (χ3v) is 4.06. The zero-order valence-electron chi connectivity index (χ0n) is 18.0. The minimum Gasteiger partial charge on any atom is -0.376 e. The van der Waals surface area contributed by atoms with E-state index in [0.717, 1.165) is 12.1 Å². The second-order valence-electron chi connectivity index (χ2n) is 8.02. The number of carbonyl (C=O) groups excluding carboxylic acids is 3. The van der Waals surface area contributed by atoms with Crippen molar-refractivity contribution in [2.75, 3.05) is 23.7 Å². The monoisotopic (exact) mass is 410 g/mol. The van der Waals surface area contributed by atoms with Crippen LogP contribution in [0.1, 0.15) is 54.8 Å². The van der Waals surface area contributed by atoms with Crippen molar-refractivity contribution in [1.82, 2.24) is 10.6 Å². The molecule has 4 N–H and O–H groups in total. The Kier molecular flexibility index (Phi) is 7.98. The normalized spacial score (nSPS) is 10.8. The van der Waals surface area contributed by atoms with E-state index in [4.69, 9.17) is 0 Å². The summed E-state index contributed by atoms with van der Waals surface area (Å²) in [6.07, 6.45) is 0.882. The Morgan fingerprint density at radius 3 is 1.87 bits per heavy atom. The molecule has 0 aliphatic rings. The van der Waals surface area contributed by atoms with Crippen molar-refractivity contribution in [2.45, 2.75) is 39.7 Å². The Labute approximate surface area is 177 Å². The molecular weight excluding hydrogens is 380 g/mol. The molecule has 7 heteroatoms. The van der Waals surface area contributed by atoms with Crippen LogP contribution in [0.25, 0.3) is 0 Å². The molecule has 30 heavy (non-hydrogen) atoms. The second kappa shape index (κ2) is 10.4. The van der Waals surface area contributed by atoms with E-state index in [2.05, 4.69) is 21.3 Å². The van der Waals surface area contributed by atoms with Gasteiger partial charge in [0.1, 0.15) is 0 Å². The molecule has 0 fully saturated rings. The summed E-state index contributed by atoms with van der Waals surface area (Å²) in [6.45, 7) is 8.47. The highest BCUT2D eigenvalue weighted by atomic mass is 16.2. The second-order valence-corrected chi connectivity index (χ2v) is 8.02. The van der Waals surface area contributed by atoms with Crippen molar-refractivity contribution in [1.29, 1.82) is 0 Å². The smallest absolute Gasteiger partial charge is 0.251 e. The average molecular weight is 411 g/mol. The summed E-state index contributed by atoms with van der Waals surface area (Å²) < 4.78 is 0. The minimum absolute atomic E-state index is 0.0770. The maximum absolute atomic E-state index is 12.2. The fourth-order valence-electron chi connectivity index (χ4n) is 2.59. The summed E-state index contributed by atoms with van der Waals surface area (Å²) in [5.41, 5.74) is 2.15.